The molecule has 2 aromatic rings. The molecule has 0 aliphatic carbocycles. The van der Waals surface area contributed by atoms with E-state index in [1.807, 2.05) is 6.07 Å². The average molecular weight is 257 g/mol. The van der Waals surface area contributed by atoms with E-state index in [0.717, 1.165) is 0 Å². The zero-order valence-electron chi connectivity index (χ0n) is 9.22. The van der Waals surface area contributed by atoms with Crippen molar-refractivity contribution in [2.45, 2.75) is 12.6 Å². The number of halogens is 3. The molecule has 1 aromatic carbocycles. The second-order valence-electron chi connectivity index (χ2n) is 3.54. The first-order chi connectivity index (χ1) is 8.56. The normalized spacial score (nSPS) is 11.5. The molecule has 0 aliphatic rings. The van der Waals surface area contributed by atoms with Crippen molar-refractivity contribution < 1.29 is 13.2 Å². The summed E-state index contributed by atoms with van der Waals surface area (Å²) >= 11 is 0. The van der Waals surface area contributed by atoms with E-state index in [9.17, 15) is 13.2 Å². The molecular weight excluding hydrogens is 247 g/mol. The van der Waals surface area contributed by atoms with Crippen LogP contribution in [0.25, 0.3) is 5.69 Å². The van der Waals surface area contributed by atoms with E-state index >= 15 is 0 Å². The van der Waals surface area contributed by atoms with Crippen LogP contribution in [0.4, 0.5) is 19.1 Å². The lowest BCUT2D eigenvalue weighted by Crippen LogP contribution is -2.16. The minimum atomic E-state index is -4.20. The molecule has 0 fully saturated rings. The van der Waals surface area contributed by atoms with Crippen molar-refractivity contribution in [3.8, 4) is 5.69 Å². The van der Waals surface area contributed by atoms with Crippen molar-refractivity contribution in [3.05, 3.63) is 30.3 Å². The Kier molecular flexibility index (Phi) is 3.45. The Hall–Kier alpha value is -2.12. The van der Waals surface area contributed by atoms with Crippen LogP contribution in [0.15, 0.2) is 30.3 Å². The summed E-state index contributed by atoms with van der Waals surface area (Å²) in [7, 11) is 0. The van der Waals surface area contributed by atoms with Gasteiger partial charge in [0.25, 0.3) is 0 Å². The van der Waals surface area contributed by atoms with Gasteiger partial charge in [0.2, 0.25) is 5.95 Å². The van der Waals surface area contributed by atoms with E-state index in [-0.39, 0.29) is 12.5 Å². The minimum absolute atomic E-state index is 0.186. The van der Waals surface area contributed by atoms with Gasteiger partial charge in [0.1, 0.15) is 0 Å². The molecule has 5 nitrogen and oxygen atoms in total. The summed E-state index contributed by atoms with van der Waals surface area (Å²) in [5, 5.41) is 13.3. The van der Waals surface area contributed by atoms with Gasteiger partial charge in [0.15, 0.2) is 0 Å². The molecule has 8 heteroatoms. The summed E-state index contributed by atoms with van der Waals surface area (Å²) in [5.41, 5.74) is 0.678. The molecule has 2 rings (SSSR count). The predicted octanol–water partition coefficient (Wildman–Crippen LogP) is 2.03. The van der Waals surface area contributed by atoms with Gasteiger partial charge in [-0.05, 0) is 22.6 Å². The third kappa shape index (κ3) is 3.19. The fourth-order valence-electron chi connectivity index (χ4n) is 1.36. The van der Waals surface area contributed by atoms with Crippen molar-refractivity contribution in [2.24, 2.45) is 0 Å². The van der Waals surface area contributed by atoms with Crippen molar-refractivity contribution in [1.29, 1.82) is 0 Å². The van der Waals surface area contributed by atoms with Gasteiger partial charge >= 0.3 is 6.18 Å². The van der Waals surface area contributed by atoms with Crippen LogP contribution < -0.4 is 5.32 Å². The second-order valence-corrected chi connectivity index (χ2v) is 3.54. The lowest BCUT2D eigenvalue weighted by Gasteiger charge is -2.08. The van der Waals surface area contributed by atoms with Gasteiger partial charge in [-0.1, -0.05) is 23.3 Å². The molecule has 1 N–H and O–H groups in total. The molecule has 0 unspecified atom stereocenters. The van der Waals surface area contributed by atoms with Crippen LogP contribution in [0.1, 0.15) is 6.42 Å². The molecule has 0 amide bonds. The molecular formula is C10H10F3N5. The number of aromatic nitrogens is 4. The maximum absolute atomic E-state index is 12.0. The first-order valence-electron chi connectivity index (χ1n) is 5.21. The number of nitrogens with zero attached hydrogens (tertiary/aromatic N) is 4. The van der Waals surface area contributed by atoms with Crippen molar-refractivity contribution in [2.75, 3.05) is 11.9 Å². The highest BCUT2D eigenvalue weighted by atomic mass is 19.4. The van der Waals surface area contributed by atoms with Gasteiger partial charge in [-0.25, -0.2) is 0 Å². The van der Waals surface area contributed by atoms with Crippen molar-refractivity contribution >= 4 is 5.95 Å². The first-order valence-corrected chi connectivity index (χ1v) is 5.21. The molecule has 1 aromatic heterocycles. The number of hydrogen-bond donors (Lipinski definition) is 1. The Bertz CT molecular complexity index is 494. The Labute approximate surface area is 101 Å². The average Bonchev–Trinajstić information content (AvgIpc) is 2.77. The van der Waals surface area contributed by atoms with Crippen molar-refractivity contribution in [1.82, 2.24) is 20.2 Å². The molecule has 18 heavy (non-hydrogen) atoms. The molecule has 1 heterocycles. The van der Waals surface area contributed by atoms with Gasteiger partial charge in [-0.15, -0.1) is 0 Å². The maximum Gasteiger partial charge on any atom is 0.390 e. The monoisotopic (exact) mass is 257 g/mol. The zero-order valence-corrected chi connectivity index (χ0v) is 9.22. The summed E-state index contributed by atoms with van der Waals surface area (Å²) < 4.78 is 37.4. The number of para-hydroxylation sites is 1. The zero-order chi connectivity index (χ0) is 13.0. The van der Waals surface area contributed by atoms with Crippen LogP contribution in [0.2, 0.25) is 0 Å². The van der Waals surface area contributed by atoms with Crippen LogP contribution in [0.5, 0.6) is 0 Å². The number of hydrogen-bond acceptors (Lipinski definition) is 4. The highest BCUT2D eigenvalue weighted by Gasteiger charge is 2.26. The maximum atomic E-state index is 12.0. The lowest BCUT2D eigenvalue weighted by molar-refractivity contribution is -0.131. The Balaban J connectivity index is 2.05. The van der Waals surface area contributed by atoms with Crippen LogP contribution >= 0.6 is 0 Å². The number of tetrazole rings is 1. The van der Waals surface area contributed by atoms with Crippen molar-refractivity contribution in [3.63, 3.8) is 0 Å². The summed E-state index contributed by atoms with van der Waals surface area (Å²) in [4.78, 5) is 0. The summed E-state index contributed by atoms with van der Waals surface area (Å²) in [5.74, 6) is 0.186. The number of nitrogens with one attached hydrogen (secondary N) is 1. The first kappa shape index (κ1) is 12.3. The molecule has 0 radical (unpaired) electrons. The third-order valence-electron chi connectivity index (χ3n) is 2.16. The van der Waals surface area contributed by atoms with Gasteiger partial charge in [-0.3, -0.25) is 0 Å². The van der Waals surface area contributed by atoms with E-state index in [4.69, 9.17) is 0 Å². The Morgan fingerprint density at radius 3 is 2.56 bits per heavy atom. The van der Waals surface area contributed by atoms with Gasteiger partial charge < -0.3 is 5.32 Å². The van der Waals surface area contributed by atoms with E-state index in [2.05, 4.69) is 20.8 Å². The third-order valence-corrected chi connectivity index (χ3v) is 2.16. The molecule has 0 bridgehead atoms. The van der Waals surface area contributed by atoms with E-state index in [1.54, 1.807) is 24.3 Å². The highest BCUT2D eigenvalue weighted by Crippen LogP contribution is 2.19. The fraction of sp³-hybridized carbons (Fsp3) is 0.300. The number of benzene rings is 1. The minimum Gasteiger partial charge on any atom is -0.352 e. The number of rotatable bonds is 4. The van der Waals surface area contributed by atoms with Gasteiger partial charge in [-0.2, -0.15) is 17.9 Å². The molecule has 0 atom stereocenters. The summed E-state index contributed by atoms with van der Waals surface area (Å²) in [6, 6.07) is 8.91. The number of anilines is 1. The molecule has 96 valence electrons. The fourth-order valence-corrected chi connectivity index (χ4v) is 1.36. The predicted molar refractivity (Wildman–Crippen MR) is 58.3 cm³/mol. The summed E-state index contributed by atoms with van der Waals surface area (Å²) in [6.07, 6.45) is -5.13. The Morgan fingerprint density at radius 2 is 1.89 bits per heavy atom. The number of alkyl halides is 3. The van der Waals surface area contributed by atoms with Gasteiger partial charge in [0, 0.05) is 6.54 Å². The smallest absolute Gasteiger partial charge is 0.352 e. The topological polar surface area (TPSA) is 55.6 Å². The van der Waals surface area contributed by atoms with Crippen LogP contribution in [-0.2, 0) is 0 Å². The molecule has 0 spiro atoms. The molecule has 0 saturated heterocycles. The standard InChI is InChI=1S/C10H10F3N5/c11-10(12,13)6-7-14-9-15-16-17-18(9)8-4-2-1-3-5-8/h1-5H,6-7H2,(H,14,15,17). The van der Waals surface area contributed by atoms with Crippen LogP contribution in [-0.4, -0.2) is 32.9 Å². The molecule has 0 aliphatic heterocycles. The molecule has 0 saturated carbocycles. The van der Waals surface area contributed by atoms with Crippen LogP contribution in [0, 0.1) is 0 Å². The van der Waals surface area contributed by atoms with E-state index in [0.29, 0.717) is 5.69 Å². The lowest BCUT2D eigenvalue weighted by atomic mass is 10.3. The van der Waals surface area contributed by atoms with E-state index in [1.165, 1.54) is 4.68 Å². The van der Waals surface area contributed by atoms with E-state index < -0.39 is 12.6 Å². The summed E-state index contributed by atoms with van der Waals surface area (Å²) in [6.45, 7) is -0.267. The van der Waals surface area contributed by atoms with Gasteiger partial charge in [0.05, 0.1) is 12.1 Å². The highest BCUT2D eigenvalue weighted by molar-refractivity contribution is 5.38. The Morgan fingerprint density at radius 1 is 1.17 bits per heavy atom. The SMILES string of the molecule is FC(F)(F)CCNc1nnnn1-c1ccccc1. The quantitative estimate of drug-likeness (QED) is 0.910. The van der Waals surface area contributed by atoms with Crippen LogP contribution in [0.3, 0.4) is 0 Å². The second kappa shape index (κ2) is 5.03. The largest absolute Gasteiger partial charge is 0.390 e.